The van der Waals surface area contributed by atoms with Crippen molar-refractivity contribution >= 4 is 17.3 Å². The highest BCUT2D eigenvalue weighted by Gasteiger charge is 2.17. The second kappa shape index (κ2) is 5.88. The molecule has 3 rings (SSSR count). The first-order valence-corrected chi connectivity index (χ1v) is 8.02. The Kier molecular flexibility index (Phi) is 3.93. The third-order valence-corrected chi connectivity index (χ3v) is 4.17. The maximum atomic E-state index is 6.20. The monoisotopic (exact) mass is 293 g/mol. The normalized spacial score (nSPS) is 13.5. The van der Waals surface area contributed by atoms with Crippen molar-refractivity contribution in [3.8, 4) is 11.5 Å². The fourth-order valence-corrected chi connectivity index (χ4v) is 3.01. The number of hydrogen-bond donors (Lipinski definition) is 1. The van der Waals surface area contributed by atoms with Gasteiger partial charge in [0.15, 0.2) is 0 Å². The van der Waals surface area contributed by atoms with Crippen LogP contribution in [-0.4, -0.2) is 6.54 Å². The minimum Gasteiger partial charge on any atom is -0.456 e. The smallest absolute Gasteiger partial charge is 0.137 e. The summed E-state index contributed by atoms with van der Waals surface area (Å²) in [5, 5.41) is 5.81. The van der Waals surface area contributed by atoms with Gasteiger partial charge in [0.25, 0.3) is 0 Å². The number of benzene rings is 2. The predicted octanol–water partition coefficient (Wildman–Crippen LogP) is 3.94. The van der Waals surface area contributed by atoms with E-state index in [0.29, 0.717) is 0 Å². The van der Waals surface area contributed by atoms with Gasteiger partial charge in [-0.3, -0.25) is 0 Å². The molecule has 1 aliphatic rings. The van der Waals surface area contributed by atoms with Gasteiger partial charge in [-0.05, 0) is 55.7 Å². The molecular formula is C20H23NO. The Morgan fingerprint density at radius 3 is 2.59 bits per heavy atom. The molecule has 114 valence electrons. The van der Waals surface area contributed by atoms with Gasteiger partial charge in [0.2, 0.25) is 0 Å². The lowest BCUT2D eigenvalue weighted by Crippen LogP contribution is -2.18. The van der Waals surface area contributed by atoms with Crippen LogP contribution in [0.4, 0.5) is 5.69 Å². The summed E-state index contributed by atoms with van der Waals surface area (Å²) in [7, 11) is 0. The standard InChI is InChI=1S/C20H23NO/c1-5-7-15-8-9-16-14(4)17-10-13(3)18(21-6-2)12-20(17)22-19(16)11-15/h7-12,21H,5-6H2,1-4H3/b15-7+. The van der Waals surface area contributed by atoms with Crippen molar-refractivity contribution in [2.24, 2.45) is 0 Å². The lowest BCUT2D eigenvalue weighted by Gasteiger charge is -2.21. The molecule has 0 amide bonds. The molecule has 2 nitrogen and oxygen atoms in total. The summed E-state index contributed by atoms with van der Waals surface area (Å²) in [6.45, 7) is 9.49. The first-order valence-electron chi connectivity index (χ1n) is 8.02. The number of aryl methyl sites for hydroxylation is 1. The minimum absolute atomic E-state index is 0.911. The second-order valence-electron chi connectivity index (χ2n) is 5.79. The van der Waals surface area contributed by atoms with Crippen LogP contribution in [0.25, 0.3) is 11.6 Å². The molecule has 1 N–H and O–H groups in total. The van der Waals surface area contributed by atoms with Crippen LogP contribution < -0.4 is 20.5 Å². The molecule has 0 fully saturated rings. The van der Waals surface area contributed by atoms with Gasteiger partial charge in [0.1, 0.15) is 11.5 Å². The molecule has 0 atom stereocenters. The van der Waals surface area contributed by atoms with Crippen LogP contribution in [0.1, 0.15) is 38.3 Å². The molecule has 0 radical (unpaired) electrons. The SMILES string of the molecule is CC/C=c1\ccc2c(c1)Oc1cc(NCC)c(C)cc1C=2C. The van der Waals surface area contributed by atoms with Crippen molar-refractivity contribution in [1.29, 1.82) is 0 Å². The van der Waals surface area contributed by atoms with Crippen molar-refractivity contribution in [3.63, 3.8) is 0 Å². The fraction of sp³-hybridized carbons (Fsp3) is 0.300. The molecule has 2 aromatic rings. The lowest BCUT2D eigenvalue weighted by molar-refractivity contribution is 0.471. The van der Waals surface area contributed by atoms with E-state index in [0.717, 1.165) is 30.2 Å². The Balaban J connectivity index is 2.20. The zero-order valence-electron chi connectivity index (χ0n) is 13.8. The molecule has 0 saturated heterocycles. The van der Waals surface area contributed by atoms with Gasteiger partial charge < -0.3 is 10.1 Å². The predicted molar refractivity (Wildman–Crippen MR) is 94.0 cm³/mol. The molecule has 0 spiro atoms. The van der Waals surface area contributed by atoms with Gasteiger partial charge in [-0.25, -0.2) is 0 Å². The van der Waals surface area contributed by atoms with E-state index in [2.05, 4.69) is 69.4 Å². The van der Waals surface area contributed by atoms with E-state index in [4.69, 9.17) is 4.74 Å². The quantitative estimate of drug-likeness (QED) is 0.925. The second-order valence-corrected chi connectivity index (χ2v) is 5.79. The van der Waals surface area contributed by atoms with Crippen molar-refractivity contribution in [1.82, 2.24) is 0 Å². The summed E-state index contributed by atoms with van der Waals surface area (Å²) >= 11 is 0. The highest BCUT2D eigenvalue weighted by atomic mass is 16.5. The van der Waals surface area contributed by atoms with Gasteiger partial charge >= 0.3 is 0 Å². The number of nitrogens with one attached hydrogen (secondary N) is 1. The molecule has 2 aromatic carbocycles. The molecule has 0 aliphatic carbocycles. The molecular weight excluding hydrogens is 270 g/mol. The highest BCUT2D eigenvalue weighted by molar-refractivity contribution is 5.76. The van der Waals surface area contributed by atoms with Gasteiger partial charge in [-0.2, -0.15) is 0 Å². The third-order valence-electron chi connectivity index (χ3n) is 4.17. The average molecular weight is 293 g/mol. The Morgan fingerprint density at radius 1 is 1.05 bits per heavy atom. The van der Waals surface area contributed by atoms with Crippen LogP contribution in [0, 0.1) is 6.92 Å². The number of rotatable bonds is 3. The molecule has 0 aromatic heterocycles. The van der Waals surface area contributed by atoms with Crippen molar-refractivity contribution in [2.75, 3.05) is 11.9 Å². The zero-order chi connectivity index (χ0) is 15.7. The largest absolute Gasteiger partial charge is 0.456 e. The van der Waals surface area contributed by atoms with Crippen LogP contribution in [0.2, 0.25) is 0 Å². The van der Waals surface area contributed by atoms with E-state index in [1.165, 1.54) is 27.1 Å². The summed E-state index contributed by atoms with van der Waals surface area (Å²) in [6.07, 6.45) is 3.25. The topological polar surface area (TPSA) is 21.3 Å². The van der Waals surface area contributed by atoms with E-state index in [-0.39, 0.29) is 0 Å². The number of ether oxygens (including phenoxy) is 1. The first kappa shape index (κ1) is 14.7. The van der Waals surface area contributed by atoms with Gasteiger partial charge in [0, 0.05) is 29.1 Å². The molecule has 22 heavy (non-hydrogen) atoms. The van der Waals surface area contributed by atoms with E-state index in [1.807, 2.05) is 0 Å². The summed E-state index contributed by atoms with van der Waals surface area (Å²) in [6, 6.07) is 10.8. The summed E-state index contributed by atoms with van der Waals surface area (Å²) in [4.78, 5) is 0. The third kappa shape index (κ3) is 2.50. The van der Waals surface area contributed by atoms with Crippen molar-refractivity contribution in [3.05, 3.63) is 51.9 Å². The first-order chi connectivity index (χ1) is 10.6. The summed E-state index contributed by atoms with van der Waals surface area (Å²) < 4.78 is 6.20. The minimum atomic E-state index is 0.911. The van der Waals surface area contributed by atoms with Crippen LogP contribution in [0.5, 0.6) is 11.5 Å². The molecule has 0 saturated carbocycles. The maximum absolute atomic E-state index is 6.20. The van der Waals surface area contributed by atoms with Crippen molar-refractivity contribution < 1.29 is 4.74 Å². The van der Waals surface area contributed by atoms with Crippen LogP contribution in [0.15, 0.2) is 30.3 Å². The van der Waals surface area contributed by atoms with Gasteiger partial charge in [-0.15, -0.1) is 0 Å². The Morgan fingerprint density at radius 2 is 1.86 bits per heavy atom. The summed E-state index contributed by atoms with van der Waals surface area (Å²) in [5.41, 5.74) is 4.88. The highest BCUT2D eigenvalue weighted by Crippen LogP contribution is 2.36. The zero-order valence-corrected chi connectivity index (χ0v) is 13.8. The molecule has 0 unspecified atom stereocenters. The Labute approximate surface area is 132 Å². The van der Waals surface area contributed by atoms with Crippen molar-refractivity contribution in [2.45, 2.75) is 34.1 Å². The Hall–Kier alpha value is -2.22. The molecule has 0 bridgehead atoms. The molecule has 2 heteroatoms. The average Bonchev–Trinajstić information content (AvgIpc) is 2.50. The van der Waals surface area contributed by atoms with E-state index < -0.39 is 0 Å². The molecule has 1 heterocycles. The molecule has 1 aliphatic heterocycles. The number of hydrogen-bond acceptors (Lipinski definition) is 2. The maximum Gasteiger partial charge on any atom is 0.137 e. The number of anilines is 1. The van der Waals surface area contributed by atoms with Gasteiger partial charge in [0.05, 0.1) is 0 Å². The Bertz CT molecular complexity index is 834. The number of fused-ring (bicyclic) bond motifs is 2. The van der Waals surface area contributed by atoms with Gasteiger partial charge in [-0.1, -0.05) is 25.1 Å². The lowest BCUT2D eigenvalue weighted by atomic mass is 9.97. The summed E-state index contributed by atoms with van der Waals surface area (Å²) in [5.74, 6) is 1.90. The van der Waals surface area contributed by atoms with E-state index >= 15 is 0 Å². The van der Waals surface area contributed by atoms with Crippen LogP contribution >= 0.6 is 0 Å². The van der Waals surface area contributed by atoms with E-state index in [9.17, 15) is 0 Å². The van der Waals surface area contributed by atoms with Crippen LogP contribution in [0.3, 0.4) is 0 Å². The fourth-order valence-electron chi connectivity index (χ4n) is 3.01. The van der Waals surface area contributed by atoms with Crippen LogP contribution in [-0.2, 0) is 0 Å². The van der Waals surface area contributed by atoms with E-state index in [1.54, 1.807) is 0 Å².